The summed E-state index contributed by atoms with van der Waals surface area (Å²) in [4.78, 5) is 29.1. The van der Waals surface area contributed by atoms with Gasteiger partial charge in [-0.3, -0.25) is 9.59 Å². The molecule has 3 aromatic rings. The van der Waals surface area contributed by atoms with E-state index in [1.807, 2.05) is 48.5 Å². The molecule has 5 rings (SSSR count). The average Bonchev–Trinajstić information content (AvgIpc) is 3.62. The van der Waals surface area contributed by atoms with Gasteiger partial charge in [-0.15, -0.1) is 0 Å². The van der Waals surface area contributed by atoms with E-state index in [-0.39, 0.29) is 37.6 Å². The maximum absolute atomic E-state index is 14.7. The molecule has 1 fully saturated rings. The highest BCUT2D eigenvalue weighted by atomic mass is 19.1. The number of benzene rings is 3. The van der Waals surface area contributed by atoms with Gasteiger partial charge in [-0.2, -0.15) is 0 Å². The molecule has 2 amide bonds. The molecule has 1 unspecified atom stereocenters. The van der Waals surface area contributed by atoms with Crippen LogP contribution in [0, 0.1) is 5.82 Å². The number of fused-ring (bicyclic) bond motifs is 1. The first-order valence-corrected chi connectivity index (χ1v) is 13.3. The van der Waals surface area contributed by atoms with E-state index in [0.717, 1.165) is 36.8 Å². The first kappa shape index (κ1) is 25.8. The Balaban J connectivity index is 1.40. The molecular formula is C31H33FN2O4. The largest absolute Gasteiger partial charge is 0.454 e. The Morgan fingerprint density at radius 3 is 2.45 bits per heavy atom. The van der Waals surface area contributed by atoms with Gasteiger partial charge in [0.1, 0.15) is 11.9 Å². The van der Waals surface area contributed by atoms with E-state index in [2.05, 4.69) is 5.32 Å². The SMILES string of the molecule is O=C(NC1CCCC1)C(Cc1ccccc1)N(Cc1ccccc1F)C(=O)CCc1ccc2c(c1)OCO2. The third-order valence-electron chi connectivity index (χ3n) is 7.34. The fourth-order valence-electron chi connectivity index (χ4n) is 5.22. The minimum absolute atomic E-state index is 0.0161. The van der Waals surface area contributed by atoms with E-state index in [4.69, 9.17) is 9.47 Å². The minimum atomic E-state index is -0.762. The van der Waals surface area contributed by atoms with Crippen molar-refractivity contribution < 1.29 is 23.5 Å². The zero-order valence-electron chi connectivity index (χ0n) is 21.4. The lowest BCUT2D eigenvalue weighted by molar-refractivity contribution is -0.141. The molecule has 7 heteroatoms. The Morgan fingerprint density at radius 2 is 1.66 bits per heavy atom. The number of aryl methyl sites for hydroxylation is 1. The number of hydrogen-bond acceptors (Lipinski definition) is 4. The number of hydrogen-bond donors (Lipinski definition) is 1. The zero-order valence-corrected chi connectivity index (χ0v) is 21.4. The van der Waals surface area contributed by atoms with E-state index in [0.29, 0.717) is 29.9 Å². The normalized spacial score (nSPS) is 15.3. The summed E-state index contributed by atoms with van der Waals surface area (Å²) >= 11 is 0. The summed E-state index contributed by atoms with van der Waals surface area (Å²) in [5.74, 6) is 0.571. The van der Waals surface area contributed by atoms with Crippen LogP contribution in [0.4, 0.5) is 4.39 Å². The molecule has 6 nitrogen and oxygen atoms in total. The molecule has 38 heavy (non-hydrogen) atoms. The van der Waals surface area contributed by atoms with Crippen molar-refractivity contribution in [2.24, 2.45) is 0 Å². The molecule has 0 bridgehead atoms. The van der Waals surface area contributed by atoms with Crippen molar-refractivity contribution in [3.8, 4) is 11.5 Å². The van der Waals surface area contributed by atoms with E-state index in [1.54, 1.807) is 23.1 Å². The van der Waals surface area contributed by atoms with Crippen LogP contribution in [-0.4, -0.2) is 35.6 Å². The molecule has 2 aliphatic rings. The van der Waals surface area contributed by atoms with Gasteiger partial charge in [0.15, 0.2) is 11.5 Å². The third-order valence-corrected chi connectivity index (χ3v) is 7.34. The number of carbonyl (C=O) groups excluding carboxylic acids is 2. The summed E-state index contributed by atoms with van der Waals surface area (Å²) in [5.41, 5.74) is 2.26. The monoisotopic (exact) mass is 516 g/mol. The summed E-state index contributed by atoms with van der Waals surface area (Å²) in [6.07, 6.45) is 5.04. The quantitative estimate of drug-likeness (QED) is 0.403. The highest BCUT2D eigenvalue weighted by Gasteiger charge is 2.32. The van der Waals surface area contributed by atoms with E-state index >= 15 is 0 Å². The molecule has 1 heterocycles. The van der Waals surface area contributed by atoms with Crippen LogP contribution in [0.25, 0.3) is 0 Å². The predicted octanol–water partition coefficient (Wildman–Crippen LogP) is 5.19. The van der Waals surface area contributed by atoms with Gasteiger partial charge < -0.3 is 19.7 Å². The minimum Gasteiger partial charge on any atom is -0.454 e. The molecule has 3 aromatic carbocycles. The van der Waals surface area contributed by atoms with Crippen LogP contribution in [0.5, 0.6) is 11.5 Å². The molecule has 0 spiro atoms. The highest BCUT2D eigenvalue weighted by molar-refractivity contribution is 5.88. The van der Waals surface area contributed by atoms with E-state index in [1.165, 1.54) is 6.07 Å². The molecule has 198 valence electrons. The maximum atomic E-state index is 14.7. The number of carbonyl (C=O) groups is 2. The second kappa shape index (κ2) is 12.1. The van der Waals surface area contributed by atoms with Crippen LogP contribution >= 0.6 is 0 Å². The van der Waals surface area contributed by atoms with Gasteiger partial charge in [-0.1, -0.05) is 67.4 Å². The number of nitrogens with one attached hydrogen (secondary N) is 1. The maximum Gasteiger partial charge on any atom is 0.243 e. The van der Waals surface area contributed by atoms with Crippen molar-refractivity contribution in [3.63, 3.8) is 0 Å². The highest BCUT2D eigenvalue weighted by Crippen LogP contribution is 2.33. The van der Waals surface area contributed by atoms with E-state index < -0.39 is 11.9 Å². The standard InChI is InChI=1S/C31H33FN2O4/c32-26-13-7-4-10-24(26)20-34(30(35)17-15-23-14-16-28-29(19-23)38-21-37-28)27(18-22-8-2-1-3-9-22)31(36)33-25-11-5-6-12-25/h1-4,7-10,13-14,16,19,25,27H,5-6,11-12,15,17-18,20-21H2,(H,33,36). The lowest BCUT2D eigenvalue weighted by atomic mass is 10.0. The van der Waals surface area contributed by atoms with Gasteiger partial charge >= 0.3 is 0 Å². The second-order valence-electron chi connectivity index (χ2n) is 10.00. The van der Waals surface area contributed by atoms with Crippen LogP contribution in [0.1, 0.15) is 48.8 Å². The average molecular weight is 517 g/mol. The summed E-state index contributed by atoms with van der Waals surface area (Å²) < 4.78 is 25.6. The van der Waals surface area contributed by atoms with Crippen molar-refractivity contribution in [2.75, 3.05) is 6.79 Å². The van der Waals surface area contributed by atoms with Gasteiger partial charge in [0.25, 0.3) is 0 Å². The molecule has 1 aliphatic heterocycles. The van der Waals surface area contributed by atoms with Crippen molar-refractivity contribution in [2.45, 2.75) is 63.6 Å². The second-order valence-corrected chi connectivity index (χ2v) is 10.00. The van der Waals surface area contributed by atoms with Crippen molar-refractivity contribution in [1.29, 1.82) is 0 Å². The predicted molar refractivity (Wildman–Crippen MR) is 142 cm³/mol. The third kappa shape index (κ3) is 6.33. The summed E-state index contributed by atoms with van der Waals surface area (Å²) in [6.45, 7) is 0.202. The van der Waals surface area contributed by atoms with Crippen LogP contribution in [0.3, 0.4) is 0 Å². The number of amides is 2. The first-order chi connectivity index (χ1) is 18.6. The summed E-state index contributed by atoms with van der Waals surface area (Å²) in [6, 6.07) is 21.1. The summed E-state index contributed by atoms with van der Waals surface area (Å²) in [7, 11) is 0. The van der Waals surface area contributed by atoms with Gasteiger partial charge in [-0.05, 0) is 48.6 Å². The van der Waals surface area contributed by atoms with Crippen LogP contribution in [0.15, 0.2) is 72.8 Å². The lowest BCUT2D eigenvalue weighted by Crippen LogP contribution is -2.52. The molecule has 1 atom stereocenters. The summed E-state index contributed by atoms with van der Waals surface area (Å²) in [5, 5.41) is 3.18. The molecule has 0 saturated heterocycles. The zero-order chi connectivity index (χ0) is 26.3. The van der Waals surface area contributed by atoms with Gasteiger partial charge in [0, 0.05) is 31.0 Å². The fraction of sp³-hybridized carbons (Fsp3) is 0.355. The fourth-order valence-corrected chi connectivity index (χ4v) is 5.22. The van der Waals surface area contributed by atoms with Gasteiger partial charge in [-0.25, -0.2) is 4.39 Å². The van der Waals surface area contributed by atoms with Gasteiger partial charge in [0.2, 0.25) is 18.6 Å². The van der Waals surface area contributed by atoms with Crippen LogP contribution < -0.4 is 14.8 Å². The molecule has 0 aromatic heterocycles. The smallest absolute Gasteiger partial charge is 0.243 e. The number of nitrogens with zero attached hydrogens (tertiary/aromatic N) is 1. The van der Waals surface area contributed by atoms with Gasteiger partial charge in [0.05, 0.1) is 0 Å². The van der Waals surface area contributed by atoms with Crippen molar-refractivity contribution in [1.82, 2.24) is 10.2 Å². The first-order valence-electron chi connectivity index (χ1n) is 13.3. The number of rotatable bonds is 10. The van der Waals surface area contributed by atoms with Crippen LogP contribution in [-0.2, 0) is 29.0 Å². The molecular weight excluding hydrogens is 483 g/mol. The Kier molecular flexibility index (Phi) is 8.22. The Hall–Kier alpha value is -3.87. The van der Waals surface area contributed by atoms with E-state index in [9.17, 15) is 14.0 Å². The molecule has 1 N–H and O–H groups in total. The Labute approximate surface area is 222 Å². The Morgan fingerprint density at radius 1 is 0.921 bits per heavy atom. The molecule has 0 radical (unpaired) electrons. The van der Waals surface area contributed by atoms with Crippen molar-refractivity contribution >= 4 is 11.8 Å². The van der Waals surface area contributed by atoms with Crippen molar-refractivity contribution in [3.05, 3.63) is 95.3 Å². The molecule has 1 saturated carbocycles. The van der Waals surface area contributed by atoms with Crippen LogP contribution in [0.2, 0.25) is 0 Å². The number of ether oxygens (including phenoxy) is 2. The molecule has 1 aliphatic carbocycles. The lowest BCUT2D eigenvalue weighted by Gasteiger charge is -2.32. The topological polar surface area (TPSA) is 67.9 Å². The number of halogens is 1. The Bertz CT molecular complexity index is 1260.